The molecule has 3 aromatic rings. The Balaban J connectivity index is 1.65. The van der Waals surface area contributed by atoms with Gasteiger partial charge in [0, 0.05) is 30.6 Å². The summed E-state index contributed by atoms with van der Waals surface area (Å²) in [6.07, 6.45) is 5.00. The number of aromatic nitrogens is 4. The van der Waals surface area contributed by atoms with Crippen LogP contribution in [0.1, 0.15) is 21.5 Å². The van der Waals surface area contributed by atoms with Crippen LogP contribution in [0.25, 0.3) is 5.82 Å². The van der Waals surface area contributed by atoms with Gasteiger partial charge in [-0.2, -0.15) is 5.10 Å². The summed E-state index contributed by atoms with van der Waals surface area (Å²) in [5.74, 6) is 0.430. The van der Waals surface area contributed by atoms with E-state index in [9.17, 15) is 9.59 Å². The third-order valence-corrected chi connectivity index (χ3v) is 4.00. The highest BCUT2D eigenvalue weighted by molar-refractivity contribution is 5.94. The second kappa shape index (κ2) is 7.12. The number of hydrogen-bond donors (Lipinski definition) is 1. The van der Waals surface area contributed by atoms with Crippen LogP contribution in [-0.4, -0.2) is 31.8 Å². The summed E-state index contributed by atoms with van der Waals surface area (Å²) in [5.41, 5.74) is 2.60. The zero-order valence-electron chi connectivity index (χ0n) is 14.1. The Labute approximate surface area is 144 Å². The maximum atomic E-state index is 12.2. The molecule has 0 unspecified atom stereocenters. The van der Waals surface area contributed by atoms with Crippen molar-refractivity contribution in [1.29, 1.82) is 0 Å². The molecule has 128 valence electrons. The quantitative estimate of drug-likeness (QED) is 0.764. The second-order valence-electron chi connectivity index (χ2n) is 5.78. The van der Waals surface area contributed by atoms with E-state index in [1.165, 1.54) is 10.7 Å². The Morgan fingerprint density at radius 2 is 2.00 bits per heavy atom. The van der Waals surface area contributed by atoms with Gasteiger partial charge in [-0.25, -0.2) is 9.67 Å². The van der Waals surface area contributed by atoms with Gasteiger partial charge in [-0.3, -0.25) is 14.2 Å². The molecule has 0 bridgehead atoms. The van der Waals surface area contributed by atoms with Crippen molar-refractivity contribution in [3.05, 3.63) is 76.1 Å². The maximum absolute atomic E-state index is 12.2. The molecule has 25 heavy (non-hydrogen) atoms. The predicted octanol–water partition coefficient (Wildman–Crippen LogP) is 1.48. The molecule has 0 aliphatic carbocycles. The van der Waals surface area contributed by atoms with Crippen molar-refractivity contribution in [3.8, 4) is 5.82 Å². The van der Waals surface area contributed by atoms with Crippen LogP contribution in [0.5, 0.6) is 0 Å². The molecule has 0 atom stereocenters. The highest BCUT2D eigenvalue weighted by Crippen LogP contribution is 2.09. The minimum Gasteiger partial charge on any atom is -0.350 e. The number of hydrogen-bond acceptors (Lipinski definition) is 4. The van der Waals surface area contributed by atoms with Crippen LogP contribution >= 0.6 is 0 Å². The summed E-state index contributed by atoms with van der Waals surface area (Å²) in [7, 11) is 0. The van der Waals surface area contributed by atoms with E-state index in [1.54, 1.807) is 35.4 Å². The first-order valence-corrected chi connectivity index (χ1v) is 7.96. The molecule has 7 heteroatoms. The number of nitrogens with one attached hydrogen (secondary N) is 1. The summed E-state index contributed by atoms with van der Waals surface area (Å²) in [6.45, 7) is 4.57. The first kappa shape index (κ1) is 16.6. The number of nitrogens with zero attached hydrogens (tertiary/aromatic N) is 4. The molecule has 0 aliphatic heterocycles. The number of carbonyl (C=O) groups is 1. The van der Waals surface area contributed by atoms with Crippen molar-refractivity contribution < 1.29 is 4.79 Å². The minimum atomic E-state index is -0.218. The summed E-state index contributed by atoms with van der Waals surface area (Å²) in [4.78, 5) is 28.1. The lowest BCUT2D eigenvalue weighted by Crippen LogP contribution is -2.32. The molecule has 0 spiro atoms. The van der Waals surface area contributed by atoms with Crippen LogP contribution in [0.2, 0.25) is 0 Å². The van der Waals surface area contributed by atoms with Gasteiger partial charge in [-0.1, -0.05) is 6.07 Å². The fourth-order valence-electron chi connectivity index (χ4n) is 2.39. The molecule has 0 fully saturated rings. The van der Waals surface area contributed by atoms with Crippen molar-refractivity contribution in [2.45, 2.75) is 20.4 Å². The van der Waals surface area contributed by atoms with E-state index in [-0.39, 0.29) is 18.0 Å². The van der Waals surface area contributed by atoms with E-state index < -0.39 is 0 Å². The number of imidazole rings is 1. The maximum Gasteiger partial charge on any atom is 0.266 e. The molecule has 1 aromatic carbocycles. The SMILES string of the molecule is Cc1ccc(C(=O)NCCn2nc(-n3ccnc3)ccc2=O)cc1C. The van der Waals surface area contributed by atoms with Crippen molar-refractivity contribution in [2.24, 2.45) is 0 Å². The molecule has 0 saturated heterocycles. The lowest BCUT2D eigenvalue weighted by molar-refractivity contribution is 0.0951. The highest BCUT2D eigenvalue weighted by Gasteiger charge is 2.07. The van der Waals surface area contributed by atoms with E-state index in [2.05, 4.69) is 15.4 Å². The van der Waals surface area contributed by atoms with Gasteiger partial charge in [0.05, 0.1) is 6.54 Å². The zero-order chi connectivity index (χ0) is 17.8. The van der Waals surface area contributed by atoms with Gasteiger partial charge in [0.15, 0.2) is 5.82 Å². The Morgan fingerprint density at radius 1 is 1.16 bits per heavy atom. The minimum absolute atomic E-state index is 0.165. The number of aryl methyl sites for hydroxylation is 2. The Kier molecular flexibility index (Phi) is 4.74. The summed E-state index contributed by atoms with van der Waals surface area (Å²) < 4.78 is 3.04. The molecular weight excluding hydrogens is 318 g/mol. The molecule has 0 radical (unpaired) electrons. The lowest BCUT2D eigenvalue weighted by Gasteiger charge is -2.09. The van der Waals surface area contributed by atoms with Gasteiger partial charge in [-0.05, 0) is 43.2 Å². The summed E-state index contributed by atoms with van der Waals surface area (Å²) >= 11 is 0. The number of benzene rings is 1. The first-order valence-electron chi connectivity index (χ1n) is 7.96. The average molecular weight is 337 g/mol. The monoisotopic (exact) mass is 337 g/mol. The van der Waals surface area contributed by atoms with Gasteiger partial charge in [0.25, 0.3) is 11.5 Å². The predicted molar refractivity (Wildman–Crippen MR) is 93.9 cm³/mol. The van der Waals surface area contributed by atoms with Crippen molar-refractivity contribution in [3.63, 3.8) is 0 Å². The van der Waals surface area contributed by atoms with Crippen LogP contribution in [0.4, 0.5) is 0 Å². The molecule has 0 saturated carbocycles. The molecular formula is C18H19N5O2. The van der Waals surface area contributed by atoms with Crippen molar-refractivity contribution in [2.75, 3.05) is 6.54 Å². The molecule has 2 heterocycles. The van der Waals surface area contributed by atoms with Gasteiger partial charge < -0.3 is 5.32 Å². The molecule has 1 amide bonds. The van der Waals surface area contributed by atoms with Gasteiger partial charge in [-0.15, -0.1) is 0 Å². The lowest BCUT2D eigenvalue weighted by atomic mass is 10.1. The molecule has 1 N–H and O–H groups in total. The highest BCUT2D eigenvalue weighted by atomic mass is 16.2. The fraction of sp³-hybridized carbons (Fsp3) is 0.222. The number of rotatable bonds is 5. The summed E-state index contributed by atoms with van der Waals surface area (Å²) in [6, 6.07) is 8.66. The van der Waals surface area contributed by atoms with Crippen LogP contribution in [-0.2, 0) is 6.54 Å². The normalized spacial score (nSPS) is 10.6. The smallest absolute Gasteiger partial charge is 0.266 e. The number of carbonyl (C=O) groups excluding carboxylic acids is 1. The largest absolute Gasteiger partial charge is 0.350 e. The van der Waals surface area contributed by atoms with E-state index in [0.29, 0.717) is 17.9 Å². The van der Waals surface area contributed by atoms with Crippen LogP contribution < -0.4 is 10.9 Å². The molecule has 7 nitrogen and oxygen atoms in total. The van der Waals surface area contributed by atoms with E-state index in [1.807, 2.05) is 26.0 Å². The Bertz CT molecular complexity index is 944. The number of amides is 1. The van der Waals surface area contributed by atoms with E-state index in [0.717, 1.165) is 11.1 Å². The second-order valence-corrected chi connectivity index (χ2v) is 5.78. The summed E-state index contributed by atoms with van der Waals surface area (Å²) in [5, 5.41) is 7.10. The molecule has 0 aliphatic rings. The van der Waals surface area contributed by atoms with E-state index >= 15 is 0 Å². The Morgan fingerprint density at radius 3 is 2.72 bits per heavy atom. The van der Waals surface area contributed by atoms with E-state index in [4.69, 9.17) is 0 Å². The molecule has 2 aromatic heterocycles. The molecule has 3 rings (SSSR count). The van der Waals surface area contributed by atoms with Crippen LogP contribution in [0, 0.1) is 13.8 Å². The van der Waals surface area contributed by atoms with Crippen LogP contribution in [0.3, 0.4) is 0 Å². The fourth-order valence-corrected chi connectivity index (χ4v) is 2.39. The standard InChI is InChI=1S/C18H19N5O2/c1-13-3-4-15(11-14(13)2)18(25)20-8-10-23-17(24)6-5-16(21-23)22-9-7-19-12-22/h3-7,9,11-12H,8,10H2,1-2H3,(H,20,25). The van der Waals surface area contributed by atoms with Crippen LogP contribution in [0.15, 0.2) is 53.8 Å². The van der Waals surface area contributed by atoms with Gasteiger partial charge >= 0.3 is 0 Å². The topological polar surface area (TPSA) is 81.8 Å². The Hall–Kier alpha value is -3.22. The average Bonchev–Trinajstić information content (AvgIpc) is 3.13. The van der Waals surface area contributed by atoms with Crippen molar-refractivity contribution >= 4 is 5.91 Å². The van der Waals surface area contributed by atoms with Gasteiger partial charge in [0.2, 0.25) is 0 Å². The van der Waals surface area contributed by atoms with Crippen molar-refractivity contribution in [1.82, 2.24) is 24.6 Å². The van der Waals surface area contributed by atoms with Gasteiger partial charge in [0.1, 0.15) is 6.33 Å². The zero-order valence-corrected chi connectivity index (χ0v) is 14.1. The third kappa shape index (κ3) is 3.82. The first-order chi connectivity index (χ1) is 12.0. The third-order valence-electron chi connectivity index (χ3n) is 4.00.